The summed E-state index contributed by atoms with van der Waals surface area (Å²) in [5, 5.41) is 13.5. The third-order valence-electron chi connectivity index (χ3n) is 2.81. The molecule has 1 unspecified atom stereocenters. The van der Waals surface area contributed by atoms with Crippen molar-refractivity contribution in [3.63, 3.8) is 0 Å². The van der Waals surface area contributed by atoms with Gasteiger partial charge in [-0.25, -0.2) is 0 Å². The summed E-state index contributed by atoms with van der Waals surface area (Å²) >= 11 is 5.86. The van der Waals surface area contributed by atoms with Crippen molar-refractivity contribution in [1.82, 2.24) is 0 Å². The molecule has 0 radical (unpaired) electrons. The van der Waals surface area contributed by atoms with Gasteiger partial charge in [0.05, 0.1) is 12.6 Å². The molecular formula is C15H16ClNO. The van der Waals surface area contributed by atoms with Gasteiger partial charge in [-0.1, -0.05) is 35.9 Å². The summed E-state index contributed by atoms with van der Waals surface area (Å²) in [6, 6.07) is 15.5. The Hall–Kier alpha value is -1.51. The summed E-state index contributed by atoms with van der Waals surface area (Å²) in [4.78, 5) is 0. The Morgan fingerprint density at radius 3 is 2.50 bits per heavy atom. The number of nitrogens with one attached hydrogen (secondary N) is 1. The maximum atomic E-state index is 9.48. The van der Waals surface area contributed by atoms with E-state index in [1.54, 1.807) is 0 Å². The van der Waals surface area contributed by atoms with Crippen LogP contribution < -0.4 is 5.32 Å². The van der Waals surface area contributed by atoms with E-state index < -0.39 is 0 Å². The summed E-state index contributed by atoms with van der Waals surface area (Å²) in [6.07, 6.45) is 0. The third-order valence-corrected chi connectivity index (χ3v) is 3.07. The zero-order chi connectivity index (χ0) is 13.0. The van der Waals surface area contributed by atoms with Gasteiger partial charge < -0.3 is 10.4 Å². The molecule has 2 nitrogen and oxygen atoms in total. The molecule has 0 heterocycles. The summed E-state index contributed by atoms with van der Waals surface area (Å²) in [5.41, 5.74) is 3.21. The van der Waals surface area contributed by atoms with Crippen molar-refractivity contribution in [2.45, 2.75) is 13.0 Å². The van der Waals surface area contributed by atoms with Crippen LogP contribution in [0.1, 0.15) is 17.2 Å². The van der Waals surface area contributed by atoms with E-state index >= 15 is 0 Å². The van der Waals surface area contributed by atoms with Crippen molar-refractivity contribution in [2.75, 3.05) is 11.9 Å². The first-order valence-electron chi connectivity index (χ1n) is 5.88. The quantitative estimate of drug-likeness (QED) is 0.878. The highest BCUT2D eigenvalue weighted by Gasteiger charge is 2.09. The number of anilines is 1. The lowest BCUT2D eigenvalue weighted by Crippen LogP contribution is -2.14. The molecule has 2 N–H and O–H groups in total. The van der Waals surface area contributed by atoms with Gasteiger partial charge in [0.2, 0.25) is 0 Å². The Morgan fingerprint density at radius 1 is 1.17 bits per heavy atom. The molecule has 0 aliphatic carbocycles. The van der Waals surface area contributed by atoms with Gasteiger partial charge in [0.1, 0.15) is 0 Å². The maximum absolute atomic E-state index is 9.48. The topological polar surface area (TPSA) is 32.3 Å². The van der Waals surface area contributed by atoms with Gasteiger partial charge >= 0.3 is 0 Å². The number of halogens is 1. The number of hydrogen-bond acceptors (Lipinski definition) is 2. The molecular weight excluding hydrogens is 246 g/mol. The molecule has 0 amide bonds. The molecule has 0 bridgehead atoms. The Morgan fingerprint density at radius 2 is 1.89 bits per heavy atom. The molecule has 0 aliphatic rings. The largest absolute Gasteiger partial charge is 0.394 e. The second-order valence-corrected chi connectivity index (χ2v) is 4.74. The Labute approximate surface area is 112 Å². The number of benzene rings is 2. The Balaban J connectivity index is 2.17. The van der Waals surface area contributed by atoms with Crippen LogP contribution in [0.4, 0.5) is 5.69 Å². The SMILES string of the molecule is Cc1cccc(NC(CO)c2ccc(Cl)cc2)c1. The Bertz CT molecular complexity index is 510. The molecule has 0 aliphatic heterocycles. The summed E-state index contributed by atoms with van der Waals surface area (Å²) in [5.74, 6) is 0. The zero-order valence-electron chi connectivity index (χ0n) is 10.2. The summed E-state index contributed by atoms with van der Waals surface area (Å²) in [7, 11) is 0. The van der Waals surface area contributed by atoms with Gasteiger partial charge in [-0.3, -0.25) is 0 Å². The average Bonchev–Trinajstić information content (AvgIpc) is 2.37. The van der Waals surface area contributed by atoms with Gasteiger partial charge in [-0.15, -0.1) is 0 Å². The number of rotatable bonds is 4. The van der Waals surface area contributed by atoms with E-state index in [1.807, 2.05) is 49.4 Å². The number of hydrogen-bond donors (Lipinski definition) is 2. The van der Waals surface area contributed by atoms with Crippen molar-refractivity contribution in [2.24, 2.45) is 0 Å². The molecule has 2 rings (SSSR count). The normalized spacial score (nSPS) is 12.2. The fraction of sp³-hybridized carbons (Fsp3) is 0.200. The molecule has 0 fully saturated rings. The lowest BCUT2D eigenvalue weighted by Gasteiger charge is -2.18. The fourth-order valence-corrected chi connectivity index (χ4v) is 1.99. The van der Waals surface area contributed by atoms with E-state index in [4.69, 9.17) is 11.6 Å². The number of aliphatic hydroxyl groups excluding tert-OH is 1. The molecule has 2 aromatic rings. The van der Waals surface area contributed by atoms with E-state index in [0.29, 0.717) is 5.02 Å². The summed E-state index contributed by atoms with van der Waals surface area (Å²) in [6.45, 7) is 2.08. The highest BCUT2D eigenvalue weighted by atomic mass is 35.5. The molecule has 0 aromatic heterocycles. The van der Waals surface area contributed by atoms with E-state index in [0.717, 1.165) is 11.3 Å². The Kier molecular flexibility index (Phi) is 4.24. The van der Waals surface area contributed by atoms with Crippen LogP contribution in [-0.4, -0.2) is 11.7 Å². The minimum atomic E-state index is -0.121. The lowest BCUT2D eigenvalue weighted by molar-refractivity contribution is 0.276. The minimum Gasteiger partial charge on any atom is -0.394 e. The van der Waals surface area contributed by atoms with E-state index in [1.165, 1.54) is 5.56 Å². The second kappa shape index (κ2) is 5.89. The van der Waals surface area contributed by atoms with E-state index in [-0.39, 0.29) is 12.6 Å². The lowest BCUT2D eigenvalue weighted by atomic mass is 10.1. The molecule has 3 heteroatoms. The monoisotopic (exact) mass is 261 g/mol. The van der Waals surface area contributed by atoms with Gasteiger partial charge in [0, 0.05) is 10.7 Å². The maximum Gasteiger partial charge on any atom is 0.0745 e. The number of aryl methyl sites for hydroxylation is 1. The predicted octanol–water partition coefficient (Wildman–Crippen LogP) is 3.79. The molecule has 0 saturated carbocycles. The predicted molar refractivity (Wildman–Crippen MR) is 76.1 cm³/mol. The van der Waals surface area contributed by atoms with Crippen LogP contribution in [0.2, 0.25) is 5.02 Å². The van der Waals surface area contributed by atoms with Crippen molar-refractivity contribution in [1.29, 1.82) is 0 Å². The van der Waals surface area contributed by atoms with Gasteiger partial charge in [0.15, 0.2) is 0 Å². The average molecular weight is 262 g/mol. The van der Waals surface area contributed by atoms with Crippen molar-refractivity contribution in [3.05, 3.63) is 64.7 Å². The van der Waals surface area contributed by atoms with E-state index in [2.05, 4.69) is 11.4 Å². The molecule has 0 spiro atoms. The molecule has 2 aromatic carbocycles. The standard InChI is InChI=1S/C15H16ClNO/c1-11-3-2-4-14(9-11)17-15(10-18)12-5-7-13(16)8-6-12/h2-9,15,17-18H,10H2,1H3. The van der Waals surface area contributed by atoms with Crippen LogP contribution in [0.25, 0.3) is 0 Å². The number of aliphatic hydroxyl groups is 1. The van der Waals surface area contributed by atoms with Gasteiger partial charge in [-0.2, -0.15) is 0 Å². The fourth-order valence-electron chi connectivity index (χ4n) is 1.87. The smallest absolute Gasteiger partial charge is 0.0745 e. The first-order chi connectivity index (χ1) is 8.69. The van der Waals surface area contributed by atoms with Crippen LogP contribution >= 0.6 is 11.6 Å². The third kappa shape index (κ3) is 3.25. The van der Waals surface area contributed by atoms with Crippen LogP contribution in [-0.2, 0) is 0 Å². The first-order valence-corrected chi connectivity index (χ1v) is 6.26. The molecule has 1 atom stereocenters. The van der Waals surface area contributed by atoms with Gasteiger partial charge in [-0.05, 0) is 42.3 Å². The van der Waals surface area contributed by atoms with Gasteiger partial charge in [0.25, 0.3) is 0 Å². The zero-order valence-corrected chi connectivity index (χ0v) is 11.0. The highest BCUT2D eigenvalue weighted by molar-refractivity contribution is 6.30. The molecule has 0 saturated heterocycles. The van der Waals surface area contributed by atoms with Crippen LogP contribution in [0.5, 0.6) is 0 Å². The van der Waals surface area contributed by atoms with Crippen molar-refractivity contribution in [3.8, 4) is 0 Å². The van der Waals surface area contributed by atoms with Crippen molar-refractivity contribution >= 4 is 17.3 Å². The van der Waals surface area contributed by atoms with E-state index in [9.17, 15) is 5.11 Å². The molecule has 18 heavy (non-hydrogen) atoms. The highest BCUT2D eigenvalue weighted by Crippen LogP contribution is 2.21. The van der Waals surface area contributed by atoms with Crippen LogP contribution in [0, 0.1) is 6.92 Å². The first kappa shape index (κ1) is 12.9. The van der Waals surface area contributed by atoms with Crippen molar-refractivity contribution < 1.29 is 5.11 Å². The molecule has 94 valence electrons. The van der Waals surface area contributed by atoms with Crippen LogP contribution in [0.3, 0.4) is 0 Å². The minimum absolute atomic E-state index is 0.0373. The summed E-state index contributed by atoms with van der Waals surface area (Å²) < 4.78 is 0. The second-order valence-electron chi connectivity index (χ2n) is 4.30. The van der Waals surface area contributed by atoms with Crippen LogP contribution in [0.15, 0.2) is 48.5 Å².